The highest BCUT2D eigenvalue weighted by molar-refractivity contribution is 5.44. The van der Waals surface area contributed by atoms with E-state index in [-0.39, 0.29) is 0 Å². The molecule has 2 N–H and O–H groups in total. The quantitative estimate of drug-likeness (QED) is 0.859. The molecule has 1 aliphatic rings. The standard InChI is InChI=1S/C13H19N5/c1-10-2-3-12-16-13(17-18(12)9-10)15-8-11-4-6-14-7-5-11/h2-3,9,11,14H,4-8H2,1H3,(H,15,17). The second-order valence-corrected chi connectivity index (χ2v) is 5.02. The molecule has 1 saturated heterocycles. The predicted octanol–water partition coefficient (Wildman–Crippen LogP) is 1.45. The van der Waals surface area contributed by atoms with Gasteiger partial charge in [0.2, 0.25) is 5.95 Å². The summed E-state index contributed by atoms with van der Waals surface area (Å²) < 4.78 is 1.83. The largest absolute Gasteiger partial charge is 0.353 e. The van der Waals surface area contributed by atoms with E-state index < -0.39 is 0 Å². The van der Waals surface area contributed by atoms with Gasteiger partial charge in [-0.05, 0) is 50.4 Å². The summed E-state index contributed by atoms with van der Waals surface area (Å²) in [5.41, 5.74) is 2.09. The molecular formula is C13H19N5. The molecule has 2 aromatic heterocycles. The van der Waals surface area contributed by atoms with Gasteiger partial charge in [-0.1, -0.05) is 6.07 Å². The zero-order chi connectivity index (χ0) is 12.4. The molecule has 0 aliphatic carbocycles. The van der Waals surface area contributed by atoms with E-state index in [1.165, 1.54) is 18.4 Å². The highest BCUT2D eigenvalue weighted by Crippen LogP contribution is 2.13. The zero-order valence-corrected chi connectivity index (χ0v) is 10.7. The van der Waals surface area contributed by atoms with Crippen molar-refractivity contribution in [3.63, 3.8) is 0 Å². The van der Waals surface area contributed by atoms with E-state index in [9.17, 15) is 0 Å². The Hall–Kier alpha value is -1.62. The van der Waals surface area contributed by atoms with Crippen LogP contribution in [0.3, 0.4) is 0 Å². The Bertz CT molecular complexity index is 527. The molecule has 1 fully saturated rings. The van der Waals surface area contributed by atoms with Crippen molar-refractivity contribution in [2.75, 3.05) is 25.0 Å². The Morgan fingerprint density at radius 2 is 2.22 bits per heavy atom. The van der Waals surface area contributed by atoms with E-state index in [0.717, 1.165) is 37.1 Å². The molecule has 0 aromatic carbocycles. The summed E-state index contributed by atoms with van der Waals surface area (Å²) in [6.45, 7) is 5.29. The van der Waals surface area contributed by atoms with Crippen LogP contribution in [0.5, 0.6) is 0 Å². The molecule has 2 aromatic rings. The van der Waals surface area contributed by atoms with Gasteiger partial charge in [0.1, 0.15) is 0 Å². The Labute approximate surface area is 107 Å². The van der Waals surface area contributed by atoms with Crippen molar-refractivity contribution in [1.82, 2.24) is 19.9 Å². The molecule has 1 aliphatic heterocycles. The van der Waals surface area contributed by atoms with Crippen LogP contribution >= 0.6 is 0 Å². The lowest BCUT2D eigenvalue weighted by molar-refractivity contribution is 0.389. The minimum absolute atomic E-state index is 0.735. The molecule has 0 amide bonds. The SMILES string of the molecule is Cc1ccc2nc(NCC3CCNCC3)nn2c1. The van der Waals surface area contributed by atoms with Gasteiger partial charge < -0.3 is 10.6 Å². The van der Waals surface area contributed by atoms with Crippen LogP contribution in [0.25, 0.3) is 5.65 Å². The first kappa shape index (κ1) is 11.5. The molecule has 3 rings (SSSR count). The molecule has 18 heavy (non-hydrogen) atoms. The Kier molecular flexibility index (Phi) is 3.15. The van der Waals surface area contributed by atoms with E-state index in [4.69, 9.17) is 0 Å². The number of rotatable bonds is 3. The average Bonchev–Trinajstić information content (AvgIpc) is 2.79. The van der Waals surface area contributed by atoms with E-state index in [2.05, 4.69) is 33.7 Å². The van der Waals surface area contributed by atoms with Crippen molar-refractivity contribution >= 4 is 11.6 Å². The second kappa shape index (κ2) is 4.94. The van der Waals surface area contributed by atoms with Gasteiger partial charge in [0.05, 0.1) is 0 Å². The van der Waals surface area contributed by atoms with Gasteiger partial charge in [-0.2, -0.15) is 4.98 Å². The fraction of sp³-hybridized carbons (Fsp3) is 0.538. The first-order valence-corrected chi connectivity index (χ1v) is 6.59. The van der Waals surface area contributed by atoms with Crippen molar-refractivity contribution in [3.8, 4) is 0 Å². The average molecular weight is 245 g/mol. The monoisotopic (exact) mass is 245 g/mol. The molecular weight excluding hydrogens is 226 g/mol. The van der Waals surface area contributed by atoms with Crippen LogP contribution in [0.15, 0.2) is 18.3 Å². The van der Waals surface area contributed by atoms with Gasteiger partial charge in [0.15, 0.2) is 5.65 Å². The summed E-state index contributed by atoms with van der Waals surface area (Å²) in [4.78, 5) is 4.46. The maximum Gasteiger partial charge on any atom is 0.243 e. The predicted molar refractivity (Wildman–Crippen MR) is 71.8 cm³/mol. The summed E-state index contributed by atoms with van der Waals surface area (Å²) >= 11 is 0. The Morgan fingerprint density at radius 1 is 1.39 bits per heavy atom. The summed E-state index contributed by atoms with van der Waals surface area (Å²) in [6, 6.07) is 4.05. The highest BCUT2D eigenvalue weighted by atomic mass is 15.3. The van der Waals surface area contributed by atoms with Crippen molar-refractivity contribution in [2.45, 2.75) is 19.8 Å². The maximum absolute atomic E-state index is 4.46. The van der Waals surface area contributed by atoms with Gasteiger partial charge in [-0.25, -0.2) is 4.52 Å². The molecule has 96 valence electrons. The number of nitrogens with zero attached hydrogens (tertiary/aromatic N) is 3. The fourth-order valence-electron chi connectivity index (χ4n) is 2.38. The zero-order valence-electron chi connectivity index (χ0n) is 10.7. The third-order valence-electron chi connectivity index (χ3n) is 3.49. The van der Waals surface area contributed by atoms with Crippen molar-refractivity contribution < 1.29 is 0 Å². The van der Waals surface area contributed by atoms with E-state index in [1.807, 2.05) is 16.8 Å². The molecule has 0 saturated carbocycles. The van der Waals surface area contributed by atoms with Crippen LogP contribution < -0.4 is 10.6 Å². The Morgan fingerprint density at radius 3 is 3.06 bits per heavy atom. The lowest BCUT2D eigenvalue weighted by atomic mass is 9.98. The molecule has 0 radical (unpaired) electrons. The van der Waals surface area contributed by atoms with Crippen LogP contribution in [0.1, 0.15) is 18.4 Å². The molecule has 0 spiro atoms. The van der Waals surface area contributed by atoms with Crippen molar-refractivity contribution in [1.29, 1.82) is 0 Å². The number of aryl methyl sites for hydroxylation is 1. The van der Waals surface area contributed by atoms with Gasteiger partial charge in [-0.3, -0.25) is 0 Å². The second-order valence-electron chi connectivity index (χ2n) is 5.02. The molecule has 0 bridgehead atoms. The van der Waals surface area contributed by atoms with Gasteiger partial charge in [0, 0.05) is 12.7 Å². The van der Waals surface area contributed by atoms with Crippen LogP contribution in [-0.4, -0.2) is 34.2 Å². The number of hydrogen-bond donors (Lipinski definition) is 2. The first-order chi connectivity index (χ1) is 8.81. The van der Waals surface area contributed by atoms with Gasteiger partial charge in [0.25, 0.3) is 0 Å². The molecule has 0 unspecified atom stereocenters. The normalized spacial score (nSPS) is 17.2. The number of nitrogens with one attached hydrogen (secondary N) is 2. The summed E-state index contributed by atoms with van der Waals surface area (Å²) in [7, 11) is 0. The minimum Gasteiger partial charge on any atom is -0.353 e. The first-order valence-electron chi connectivity index (χ1n) is 6.59. The van der Waals surface area contributed by atoms with Crippen LogP contribution in [0.2, 0.25) is 0 Å². The summed E-state index contributed by atoms with van der Waals surface area (Å²) in [5.74, 6) is 1.47. The van der Waals surface area contributed by atoms with E-state index >= 15 is 0 Å². The smallest absolute Gasteiger partial charge is 0.243 e. The third kappa shape index (κ3) is 2.46. The number of anilines is 1. The van der Waals surface area contributed by atoms with Crippen LogP contribution in [0, 0.1) is 12.8 Å². The van der Waals surface area contributed by atoms with Gasteiger partial charge >= 0.3 is 0 Å². The van der Waals surface area contributed by atoms with Crippen molar-refractivity contribution in [3.05, 3.63) is 23.9 Å². The minimum atomic E-state index is 0.735. The maximum atomic E-state index is 4.46. The van der Waals surface area contributed by atoms with Gasteiger partial charge in [-0.15, -0.1) is 5.10 Å². The third-order valence-corrected chi connectivity index (χ3v) is 3.49. The molecule has 0 atom stereocenters. The van der Waals surface area contributed by atoms with Crippen molar-refractivity contribution in [2.24, 2.45) is 5.92 Å². The number of hydrogen-bond acceptors (Lipinski definition) is 4. The Balaban J connectivity index is 1.67. The summed E-state index contributed by atoms with van der Waals surface area (Å²) in [5, 5.41) is 11.2. The highest BCUT2D eigenvalue weighted by Gasteiger charge is 2.13. The molecule has 5 nitrogen and oxygen atoms in total. The lowest BCUT2D eigenvalue weighted by Gasteiger charge is -2.22. The molecule has 3 heterocycles. The van der Waals surface area contributed by atoms with E-state index in [0.29, 0.717) is 0 Å². The van der Waals surface area contributed by atoms with Crippen LogP contribution in [0.4, 0.5) is 5.95 Å². The number of aromatic nitrogens is 3. The lowest BCUT2D eigenvalue weighted by Crippen LogP contribution is -2.31. The summed E-state index contributed by atoms with van der Waals surface area (Å²) in [6.07, 6.45) is 4.47. The number of pyridine rings is 1. The van der Waals surface area contributed by atoms with E-state index in [1.54, 1.807) is 0 Å². The fourth-order valence-corrected chi connectivity index (χ4v) is 2.38. The number of piperidine rings is 1. The topological polar surface area (TPSA) is 54.2 Å². The van der Waals surface area contributed by atoms with Crippen LogP contribution in [-0.2, 0) is 0 Å². The molecule has 5 heteroatoms. The number of fused-ring (bicyclic) bond motifs is 1.